The molecule has 5 nitrogen and oxygen atoms in total. The lowest BCUT2D eigenvalue weighted by atomic mass is 10.2. The number of rotatable bonds is 2. The first-order valence-electron chi connectivity index (χ1n) is 6.36. The number of thioether (sulfide) groups is 1. The standard InChI is InChI=1S/C14H10BrN5S/c15-11-3-1-2-10(8-11)13-19-20-12(17-18-14(20)21-13)9-4-6-16-7-5-9/h1-8,13,19H. The number of nitrogens with one attached hydrogen (secondary N) is 1. The zero-order chi connectivity index (χ0) is 14.2. The highest BCUT2D eigenvalue weighted by molar-refractivity contribution is 9.10. The molecule has 21 heavy (non-hydrogen) atoms. The number of benzene rings is 1. The predicted molar refractivity (Wildman–Crippen MR) is 85.4 cm³/mol. The van der Waals surface area contributed by atoms with Crippen LogP contribution in [0.4, 0.5) is 0 Å². The van der Waals surface area contributed by atoms with Crippen LogP contribution < -0.4 is 5.43 Å². The maximum Gasteiger partial charge on any atom is 0.212 e. The minimum absolute atomic E-state index is 0.133. The first-order chi connectivity index (χ1) is 10.3. The summed E-state index contributed by atoms with van der Waals surface area (Å²) in [7, 11) is 0. The van der Waals surface area contributed by atoms with Gasteiger partial charge in [0.15, 0.2) is 5.82 Å². The van der Waals surface area contributed by atoms with E-state index in [2.05, 4.69) is 48.7 Å². The Kier molecular flexibility index (Phi) is 3.16. The molecule has 0 saturated heterocycles. The molecule has 0 spiro atoms. The minimum atomic E-state index is 0.133. The van der Waals surface area contributed by atoms with E-state index in [0.717, 1.165) is 21.0 Å². The van der Waals surface area contributed by atoms with Crippen LogP contribution in [0.15, 0.2) is 58.4 Å². The molecule has 1 aliphatic rings. The lowest BCUT2D eigenvalue weighted by Gasteiger charge is -2.12. The molecule has 3 heterocycles. The van der Waals surface area contributed by atoms with Crippen LogP contribution in [0.2, 0.25) is 0 Å². The summed E-state index contributed by atoms with van der Waals surface area (Å²) in [6.45, 7) is 0. The fourth-order valence-corrected chi connectivity index (χ4v) is 3.61. The van der Waals surface area contributed by atoms with Gasteiger partial charge >= 0.3 is 0 Å². The Bertz CT molecular complexity index is 789. The summed E-state index contributed by atoms with van der Waals surface area (Å²) < 4.78 is 3.00. The van der Waals surface area contributed by atoms with Crippen molar-refractivity contribution in [3.05, 3.63) is 58.8 Å². The highest BCUT2D eigenvalue weighted by Gasteiger charge is 2.28. The van der Waals surface area contributed by atoms with E-state index >= 15 is 0 Å². The third-order valence-corrected chi connectivity index (χ3v) is 4.77. The van der Waals surface area contributed by atoms with Crippen LogP contribution in [0.1, 0.15) is 10.9 Å². The summed E-state index contributed by atoms with van der Waals surface area (Å²) in [5.74, 6) is 0.803. The van der Waals surface area contributed by atoms with Gasteiger partial charge in [-0.25, -0.2) is 4.68 Å². The van der Waals surface area contributed by atoms with Gasteiger partial charge in [0.2, 0.25) is 5.16 Å². The van der Waals surface area contributed by atoms with Gasteiger partial charge in [0.25, 0.3) is 0 Å². The highest BCUT2D eigenvalue weighted by atomic mass is 79.9. The molecule has 4 rings (SSSR count). The number of halogens is 1. The van der Waals surface area contributed by atoms with E-state index in [1.165, 1.54) is 5.56 Å². The van der Waals surface area contributed by atoms with Crippen LogP contribution in [-0.2, 0) is 0 Å². The van der Waals surface area contributed by atoms with Crippen molar-refractivity contribution in [1.82, 2.24) is 19.9 Å². The third kappa shape index (κ3) is 2.32. The van der Waals surface area contributed by atoms with Gasteiger partial charge in [-0.2, -0.15) is 0 Å². The van der Waals surface area contributed by atoms with Crippen molar-refractivity contribution < 1.29 is 0 Å². The molecule has 0 radical (unpaired) electrons. The first kappa shape index (κ1) is 12.8. The summed E-state index contributed by atoms with van der Waals surface area (Å²) in [5, 5.41) is 9.50. The average molecular weight is 360 g/mol. The van der Waals surface area contributed by atoms with Crippen molar-refractivity contribution in [3.8, 4) is 11.4 Å². The van der Waals surface area contributed by atoms with Crippen molar-refractivity contribution in [1.29, 1.82) is 0 Å². The topological polar surface area (TPSA) is 55.6 Å². The van der Waals surface area contributed by atoms with Crippen LogP contribution in [0.3, 0.4) is 0 Å². The molecule has 7 heteroatoms. The maximum atomic E-state index is 4.25. The number of aromatic nitrogens is 4. The van der Waals surface area contributed by atoms with Crippen molar-refractivity contribution >= 4 is 27.7 Å². The van der Waals surface area contributed by atoms with E-state index < -0.39 is 0 Å². The highest BCUT2D eigenvalue weighted by Crippen LogP contribution is 2.40. The number of hydrogen-bond donors (Lipinski definition) is 1. The van der Waals surface area contributed by atoms with Crippen LogP contribution in [0.5, 0.6) is 0 Å². The summed E-state index contributed by atoms with van der Waals surface area (Å²) in [5.41, 5.74) is 5.63. The maximum absolute atomic E-state index is 4.25. The second-order valence-electron chi connectivity index (χ2n) is 4.56. The lowest BCUT2D eigenvalue weighted by molar-refractivity contribution is 0.792. The Labute approximate surface area is 133 Å². The van der Waals surface area contributed by atoms with Gasteiger partial charge in [-0.3, -0.25) is 4.98 Å². The largest absolute Gasteiger partial charge is 0.304 e. The second kappa shape index (κ2) is 5.16. The first-order valence-corrected chi connectivity index (χ1v) is 8.03. The SMILES string of the molecule is Brc1cccc(C2Nn3c(nnc3-c3ccncc3)S2)c1. The Hall–Kier alpha value is -1.86. The van der Waals surface area contributed by atoms with Gasteiger partial charge in [0.05, 0.1) is 0 Å². The molecule has 0 amide bonds. The monoisotopic (exact) mass is 359 g/mol. The zero-order valence-corrected chi connectivity index (χ0v) is 13.2. The Morgan fingerprint density at radius 3 is 2.81 bits per heavy atom. The van der Waals surface area contributed by atoms with Crippen LogP contribution in [0.25, 0.3) is 11.4 Å². The molecule has 1 aliphatic heterocycles. The summed E-state index contributed by atoms with van der Waals surface area (Å²) in [4.78, 5) is 4.03. The molecular weight excluding hydrogens is 350 g/mol. The van der Waals surface area contributed by atoms with Gasteiger partial charge in [0, 0.05) is 22.4 Å². The smallest absolute Gasteiger partial charge is 0.212 e. The summed E-state index contributed by atoms with van der Waals surface area (Å²) in [6, 6.07) is 12.1. The molecule has 1 atom stereocenters. The molecule has 0 saturated carbocycles. The van der Waals surface area contributed by atoms with Crippen LogP contribution >= 0.6 is 27.7 Å². The molecule has 2 aromatic heterocycles. The molecule has 1 unspecified atom stereocenters. The van der Waals surface area contributed by atoms with E-state index in [1.807, 2.05) is 28.9 Å². The van der Waals surface area contributed by atoms with E-state index in [-0.39, 0.29) is 5.37 Å². The second-order valence-corrected chi connectivity index (χ2v) is 6.55. The number of pyridine rings is 1. The van der Waals surface area contributed by atoms with Crippen LogP contribution in [-0.4, -0.2) is 19.9 Å². The average Bonchev–Trinajstić information content (AvgIpc) is 3.08. The van der Waals surface area contributed by atoms with E-state index in [4.69, 9.17) is 0 Å². The van der Waals surface area contributed by atoms with E-state index in [9.17, 15) is 0 Å². The molecule has 1 aromatic carbocycles. The Morgan fingerprint density at radius 2 is 2.00 bits per heavy atom. The molecule has 0 aliphatic carbocycles. The molecular formula is C14H10BrN5S. The van der Waals surface area contributed by atoms with Gasteiger partial charge < -0.3 is 5.43 Å². The lowest BCUT2D eigenvalue weighted by Crippen LogP contribution is -2.13. The van der Waals surface area contributed by atoms with Gasteiger partial charge in [-0.05, 0) is 29.8 Å². The quantitative estimate of drug-likeness (QED) is 0.759. The molecule has 0 bridgehead atoms. The Balaban J connectivity index is 1.68. The van der Waals surface area contributed by atoms with E-state index in [0.29, 0.717) is 0 Å². The van der Waals surface area contributed by atoms with Crippen LogP contribution in [0, 0.1) is 0 Å². The fourth-order valence-electron chi connectivity index (χ4n) is 2.21. The van der Waals surface area contributed by atoms with Crippen molar-refractivity contribution in [2.75, 3.05) is 5.43 Å². The summed E-state index contributed by atoms with van der Waals surface area (Å²) >= 11 is 5.16. The molecule has 1 N–H and O–H groups in total. The molecule has 0 fully saturated rings. The number of fused-ring (bicyclic) bond motifs is 1. The normalized spacial score (nSPS) is 16.5. The Morgan fingerprint density at radius 1 is 1.14 bits per heavy atom. The van der Waals surface area contributed by atoms with E-state index in [1.54, 1.807) is 24.2 Å². The number of nitrogens with zero attached hydrogens (tertiary/aromatic N) is 4. The molecule has 104 valence electrons. The number of hydrogen-bond acceptors (Lipinski definition) is 5. The fraction of sp³-hybridized carbons (Fsp3) is 0.0714. The van der Waals surface area contributed by atoms with Gasteiger partial charge in [-0.15, -0.1) is 10.2 Å². The third-order valence-electron chi connectivity index (χ3n) is 3.19. The molecule has 3 aromatic rings. The predicted octanol–water partition coefficient (Wildman–Crippen LogP) is 3.45. The van der Waals surface area contributed by atoms with Crippen molar-refractivity contribution in [2.24, 2.45) is 0 Å². The van der Waals surface area contributed by atoms with Crippen molar-refractivity contribution in [3.63, 3.8) is 0 Å². The van der Waals surface area contributed by atoms with Crippen molar-refractivity contribution in [2.45, 2.75) is 10.5 Å². The van der Waals surface area contributed by atoms with Gasteiger partial charge in [-0.1, -0.05) is 39.8 Å². The minimum Gasteiger partial charge on any atom is -0.304 e. The van der Waals surface area contributed by atoms with Gasteiger partial charge in [0.1, 0.15) is 5.37 Å². The zero-order valence-electron chi connectivity index (χ0n) is 10.8. The summed E-state index contributed by atoms with van der Waals surface area (Å²) in [6.07, 6.45) is 3.51.